The van der Waals surface area contributed by atoms with E-state index in [0.29, 0.717) is 16.8 Å². The topological polar surface area (TPSA) is 71.3 Å². The molecular weight excluding hydrogens is 280 g/mol. The first-order valence-corrected chi connectivity index (χ1v) is 7.16. The zero-order valence-electron chi connectivity index (χ0n) is 11.6. The van der Waals surface area contributed by atoms with E-state index in [9.17, 15) is 9.59 Å². The van der Waals surface area contributed by atoms with Crippen molar-refractivity contribution in [2.45, 2.75) is 32.7 Å². The molecule has 1 aliphatic carbocycles. The molecule has 1 atom stereocenters. The quantitative estimate of drug-likeness (QED) is 0.848. The molecule has 0 radical (unpaired) electrons. The molecule has 2 rings (SSSR count). The van der Waals surface area contributed by atoms with E-state index in [1.165, 1.54) is 0 Å². The van der Waals surface area contributed by atoms with Crippen LogP contribution in [0.2, 0.25) is 5.02 Å². The van der Waals surface area contributed by atoms with Crippen LogP contribution in [0.5, 0.6) is 0 Å². The van der Waals surface area contributed by atoms with E-state index >= 15 is 0 Å². The summed E-state index contributed by atoms with van der Waals surface area (Å²) < 4.78 is 1.88. The van der Waals surface area contributed by atoms with Crippen molar-refractivity contribution in [2.24, 2.45) is 11.8 Å². The number of carbonyl (C=O) groups excluding carboxylic acids is 1. The van der Waals surface area contributed by atoms with Gasteiger partial charge in [0.25, 0.3) is 5.91 Å². The molecule has 0 bridgehead atoms. The van der Waals surface area contributed by atoms with E-state index in [0.717, 1.165) is 12.8 Å². The van der Waals surface area contributed by atoms with E-state index in [1.807, 2.05) is 18.4 Å². The Morgan fingerprint density at radius 3 is 2.65 bits per heavy atom. The van der Waals surface area contributed by atoms with Gasteiger partial charge in [0, 0.05) is 18.8 Å². The zero-order valence-corrected chi connectivity index (χ0v) is 12.4. The monoisotopic (exact) mass is 298 g/mol. The Kier molecular flexibility index (Phi) is 4.38. The predicted octanol–water partition coefficient (Wildman–Crippen LogP) is 2.56. The van der Waals surface area contributed by atoms with Crippen LogP contribution < -0.4 is 5.32 Å². The van der Waals surface area contributed by atoms with Gasteiger partial charge >= 0.3 is 5.97 Å². The van der Waals surface area contributed by atoms with E-state index in [-0.39, 0.29) is 18.4 Å². The lowest BCUT2D eigenvalue weighted by Gasteiger charge is -2.17. The van der Waals surface area contributed by atoms with Crippen molar-refractivity contribution in [1.29, 1.82) is 0 Å². The van der Waals surface area contributed by atoms with Crippen LogP contribution in [0.1, 0.15) is 43.2 Å². The third kappa shape index (κ3) is 3.33. The summed E-state index contributed by atoms with van der Waals surface area (Å²) >= 11 is 5.95. The van der Waals surface area contributed by atoms with Crippen molar-refractivity contribution in [3.63, 3.8) is 0 Å². The van der Waals surface area contributed by atoms with Crippen LogP contribution in [-0.4, -0.2) is 28.1 Å². The summed E-state index contributed by atoms with van der Waals surface area (Å²) in [6, 6.07) is 1.98. The lowest BCUT2D eigenvalue weighted by atomic mass is 9.96. The van der Waals surface area contributed by atoms with E-state index in [2.05, 4.69) is 5.32 Å². The van der Waals surface area contributed by atoms with Crippen molar-refractivity contribution in [3.05, 3.63) is 23.0 Å². The lowest BCUT2D eigenvalue weighted by molar-refractivity contribution is -0.142. The zero-order chi connectivity index (χ0) is 14.9. The highest BCUT2D eigenvalue weighted by molar-refractivity contribution is 6.31. The SMILES string of the molecule is CC(C)C(CNC(=O)c1cc(Cl)cn1C1CC1)C(=O)O. The van der Waals surface area contributed by atoms with Crippen molar-refractivity contribution >= 4 is 23.5 Å². The number of nitrogens with one attached hydrogen (secondary N) is 1. The smallest absolute Gasteiger partial charge is 0.308 e. The van der Waals surface area contributed by atoms with E-state index in [4.69, 9.17) is 16.7 Å². The molecule has 110 valence electrons. The van der Waals surface area contributed by atoms with Gasteiger partial charge in [0.2, 0.25) is 0 Å². The molecule has 1 unspecified atom stereocenters. The summed E-state index contributed by atoms with van der Waals surface area (Å²) in [6.07, 6.45) is 3.86. The third-order valence-corrected chi connectivity index (χ3v) is 3.80. The highest BCUT2D eigenvalue weighted by Crippen LogP contribution is 2.37. The number of carboxylic acid groups (broad SMARTS) is 1. The number of carboxylic acids is 1. The number of nitrogens with zero attached hydrogens (tertiary/aromatic N) is 1. The van der Waals surface area contributed by atoms with Gasteiger partial charge in [-0.3, -0.25) is 9.59 Å². The molecule has 20 heavy (non-hydrogen) atoms. The Balaban J connectivity index is 2.03. The average Bonchev–Trinajstić information content (AvgIpc) is 3.11. The van der Waals surface area contributed by atoms with Gasteiger partial charge in [0.05, 0.1) is 10.9 Å². The summed E-state index contributed by atoms with van der Waals surface area (Å²) in [6.45, 7) is 3.78. The fourth-order valence-corrected chi connectivity index (χ4v) is 2.39. The number of amides is 1. The maximum Gasteiger partial charge on any atom is 0.308 e. The molecule has 1 saturated carbocycles. The number of aromatic nitrogens is 1. The number of carbonyl (C=O) groups is 2. The Labute approximate surface area is 122 Å². The number of aliphatic carboxylic acids is 1. The normalized spacial score (nSPS) is 16.2. The van der Waals surface area contributed by atoms with Gasteiger partial charge in [-0.25, -0.2) is 0 Å². The molecule has 1 aromatic heterocycles. The minimum Gasteiger partial charge on any atom is -0.481 e. The summed E-state index contributed by atoms with van der Waals surface area (Å²) in [5, 5.41) is 12.3. The minimum atomic E-state index is -0.893. The Bertz CT molecular complexity index is 520. The first kappa shape index (κ1) is 14.9. The summed E-state index contributed by atoms with van der Waals surface area (Å²) in [7, 11) is 0. The highest BCUT2D eigenvalue weighted by atomic mass is 35.5. The Morgan fingerprint density at radius 1 is 1.50 bits per heavy atom. The number of hydrogen-bond donors (Lipinski definition) is 2. The van der Waals surface area contributed by atoms with Gasteiger partial charge in [-0.1, -0.05) is 25.4 Å². The summed E-state index contributed by atoms with van der Waals surface area (Å²) in [5.74, 6) is -1.78. The summed E-state index contributed by atoms with van der Waals surface area (Å²) in [5.41, 5.74) is 0.505. The standard InChI is InChI=1S/C14H19ClN2O3/c1-8(2)11(14(19)20)6-16-13(18)12-5-9(15)7-17(12)10-3-4-10/h5,7-8,10-11H,3-4,6H2,1-2H3,(H,16,18)(H,19,20). The van der Waals surface area contributed by atoms with Crippen LogP contribution in [0, 0.1) is 11.8 Å². The predicted molar refractivity (Wildman–Crippen MR) is 76.0 cm³/mol. The van der Waals surface area contributed by atoms with E-state index in [1.54, 1.807) is 12.3 Å². The molecule has 1 amide bonds. The van der Waals surface area contributed by atoms with Crippen LogP contribution in [0.25, 0.3) is 0 Å². The molecule has 0 aromatic carbocycles. The number of rotatable bonds is 6. The molecule has 0 aliphatic heterocycles. The maximum atomic E-state index is 12.2. The second-order valence-electron chi connectivity index (χ2n) is 5.58. The fraction of sp³-hybridized carbons (Fsp3) is 0.571. The molecule has 1 aromatic rings. The third-order valence-electron chi connectivity index (χ3n) is 3.59. The fourth-order valence-electron chi connectivity index (χ4n) is 2.18. The van der Waals surface area contributed by atoms with Crippen molar-refractivity contribution in [1.82, 2.24) is 9.88 Å². The molecule has 1 fully saturated rings. The molecule has 0 spiro atoms. The highest BCUT2D eigenvalue weighted by Gasteiger charge is 2.28. The molecule has 2 N–H and O–H groups in total. The number of hydrogen-bond acceptors (Lipinski definition) is 2. The molecule has 1 aliphatic rings. The first-order chi connectivity index (χ1) is 9.40. The van der Waals surface area contributed by atoms with Crippen molar-refractivity contribution in [2.75, 3.05) is 6.54 Å². The van der Waals surface area contributed by atoms with Crippen LogP contribution in [0.4, 0.5) is 0 Å². The van der Waals surface area contributed by atoms with Gasteiger partial charge in [-0.05, 0) is 24.8 Å². The van der Waals surface area contributed by atoms with Crippen LogP contribution in [0.15, 0.2) is 12.3 Å². The van der Waals surface area contributed by atoms with Crippen molar-refractivity contribution < 1.29 is 14.7 Å². The maximum absolute atomic E-state index is 12.2. The molecule has 0 saturated heterocycles. The van der Waals surface area contributed by atoms with Gasteiger partial charge in [0.1, 0.15) is 5.69 Å². The minimum absolute atomic E-state index is 0.0356. The van der Waals surface area contributed by atoms with Gasteiger partial charge in [-0.15, -0.1) is 0 Å². The largest absolute Gasteiger partial charge is 0.481 e. The lowest BCUT2D eigenvalue weighted by Crippen LogP contribution is -2.36. The Hall–Kier alpha value is -1.49. The van der Waals surface area contributed by atoms with Crippen LogP contribution in [0.3, 0.4) is 0 Å². The molecular formula is C14H19ClN2O3. The van der Waals surface area contributed by atoms with Gasteiger partial charge in [-0.2, -0.15) is 0 Å². The average molecular weight is 299 g/mol. The van der Waals surface area contributed by atoms with Crippen LogP contribution in [-0.2, 0) is 4.79 Å². The Morgan fingerprint density at radius 2 is 2.15 bits per heavy atom. The van der Waals surface area contributed by atoms with E-state index < -0.39 is 11.9 Å². The van der Waals surface area contributed by atoms with Gasteiger partial charge in [0.15, 0.2) is 0 Å². The van der Waals surface area contributed by atoms with Gasteiger partial charge < -0.3 is 15.0 Å². The first-order valence-electron chi connectivity index (χ1n) is 6.78. The second kappa shape index (κ2) is 5.87. The number of halogens is 1. The van der Waals surface area contributed by atoms with Crippen LogP contribution >= 0.6 is 11.6 Å². The second-order valence-corrected chi connectivity index (χ2v) is 6.02. The molecule has 5 nitrogen and oxygen atoms in total. The molecule has 6 heteroatoms. The molecule has 1 heterocycles. The summed E-state index contributed by atoms with van der Waals surface area (Å²) in [4.78, 5) is 23.3. The van der Waals surface area contributed by atoms with Crippen molar-refractivity contribution in [3.8, 4) is 0 Å².